The molecule has 0 bridgehead atoms. The van der Waals surface area contributed by atoms with Gasteiger partial charge in [0.05, 0.1) is 10.2 Å². The summed E-state index contributed by atoms with van der Waals surface area (Å²) in [6.07, 6.45) is 1.63. The summed E-state index contributed by atoms with van der Waals surface area (Å²) < 4.78 is 0.877. The van der Waals surface area contributed by atoms with E-state index in [1.807, 2.05) is 6.92 Å². The zero-order valence-corrected chi connectivity index (χ0v) is 9.87. The monoisotopic (exact) mass is 313 g/mol. The number of aromatic nitrogens is 2. The van der Waals surface area contributed by atoms with Crippen LogP contribution in [0.15, 0.2) is 6.20 Å². The van der Waals surface area contributed by atoms with E-state index in [-0.39, 0.29) is 17.9 Å². The molecule has 2 N–H and O–H groups in total. The van der Waals surface area contributed by atoms with Gasteiger partial charge in [0.1, 0.15) is 5.82 Å². The smallest absolute Gasteiger partial charge is 0.224 e. The molecule has 0 radical (unpaired) electrons. The average molecular weight is 314 g/mol. The Hall–Kier alpha value is -0.140. The van der Waals surface area contributed by atoms with Crippen LogP contribution in [-0.2, 0) is 0 Å². The zero-order valence-electron chi connectivity index (χ0n) is 6.96. The standard InChI is InChI=1S/C7H9ClIN3O/c1-4(3-13)11-6-5(9)2-10-7(8)12-6/h2,4,13H,3H2,1H3,(H,10,11,12)/t4-/m1/s1. The summed E-state index contributed by atoms with van der Waals surface area (Å²) in [5.41, 5.74) is 0. The topological polar surface area (TPSA) is 58.0 Å². The van der Waals surface area contributed by atoms with Crippen molar-refractivity contribution in [2.75, 3.05) is 11.9 Å². The molecule has 13 heavy (non-hydrogen) atoms. The number of anilines is 1. The van der Waals surface area contributed by atoms with E-state index in [0.717, 1.165) is 3.57 Å². The number of hydrogen-bond acceptors (Lipinski definition) is 4. The molecule has 0 unspecified atom stereocenters. The fraction of sp³-hybridized carbons (Fsp3) is 0.429. The van der Waals surface area contributed by atoms with E-state index in [4.69, 9.17) is 16.7 Å². The summed E-state index contributed by atoms with van der Waals surface area (Å²) in [4.78, 5) is 7.80. The molecule has 1 aromatic rings. The minimum atomic E-state index is -0.0421. The van der Waals surface area contributed by atoms with Gasteiger partial charge in [-0.25, -0.2) is 4.98 Å². The van der Waals surface area contributed by atoms with Gasteiger partial charge in [-0.1, -0.05) is 0 Å². The van der Waals surface area contributed by atoms with Gasteiger partial charge in [-0.2, -0.15) is 4.98 Å². The lowest BCUT2D eigenvalue weighted by molar-refractivity contribution is 0.281. The second-order valence-electron chi connectivity index (χ2n) is 2.56. The summed E-state index contributed by atoms with van der Waals surface area (Å²) in [5.74, 6) is 0.655. The number of hydrogen-bond donors (Lipinski definition) is 2. The van der Waals surface area contributed by atoms with Crippen molar-refractivity contribution in [2.24, 2.45) is 0 Å². The van der Waals surface area contributed by atoms with Crippen LogP contribution in [0, 0.1) is 3.57 Å². The second kappa shape index (κ2) is 4.92. The molecule has 0 aromatic carbocycles. The Morgan fingerprint density at radius 2 is 2.46 bits per heavy atom. The Labute approximate surface area is 94.9 Å². The number of nitrogens with one attached hydrogen (secondary N) is 1. The molecule has 72 valence electrons. The molecule has 4 nitrogen and oxygen atoms in total. The van der Waals surface area contributed by atoms with E-state index in [9.17, 15) is 0 Å². The zero-order chi connectivity index (χ0) is 9.84. The van der Waals surface area contributed by atoms with Gasteiger partial charge in [0, 0.05) is 12.2 Å². The van der Waals surface area contributed by atoms with Crippen molar-refractivity contribution in [1.29, 1.82) is 0 Å². The van der Waals surface area contributed by atoms with Crippen LogP contribution < -0.4 is 5.32 Å². The van der Waals surface area contributed by atoms with Crippen molar-refractivity contribution in [3.05, 3.63) is 15.1 Å². The van der Waals surface area contributed by atoms with Gasteiger partial charge >= 0.3 is 0 Å². The van der Waals surface area contributed by atoms with Crippen LogP contribution >= 0.6 is 34.2 Å². The molecular formula is C7H9ClIN3O. The summed E-state index contributed by atoms with van der Waals surface area (Å²) in [7, 11) is 0. The highest BCUT2D eigenvalue weighted by Crippen LogP contribution is 2.16. The highest BCUT2D eigenvalue weighted by atomic mass is 127. The molecule has 1 heterocycles. The Morgan fingerprint density at radius 1 is 1.77 bits per heavy atom. The van der Waals surface area contributed by atoms with E-state index in [2.05, 4.69) is 37.9 Å². The predicted octanol–water partition coefficient (Wildman–Crippen LogP) is 1.53. The maximum atomic E-state index is 8.81. The third kappa shape index (κ3) is 3.24. The second-order valence-corrected chi connectivity index (χ2v) is 4.06. The van der Waals surface area contributed by atoms with E-state index in [1.165, 1.54) is 0 Å². The normalized spacial score (nSPS) is 12.6. The lowest BCUT2D eigenvalue weighted by atomic mass is 10.3. The number of aliphatic hydroxyl groups is 1. The number of halogens is 2. The third-order valence-electron chi connectivity index (χ3n) is 1.37. The van der Waals surface area contributed by atoms with E-state index < -0.39 is 0 Å². The van der Waals surface area contributed by atoms with Gasteiger partial charge in [-0.3, -0.25) is 0 Å². The van der Waals surface area contributed by atoms with Crippen LogP contribution in [0.3, 0.4) is 0 Å². The molecule has 0 saturated heterocycles. The van der Waals surface area contributed by atoms with Crippen LogP contribution in [0.25, 0.3) is 0 Å². The molecule has 0 aliphatic rings. The van der Waals surface area contributed by atoms with Crippen LogP contribution in [-0.4, -0.2) is 27.7 Å². The van der Waals surface area contributed by atoms with Crippen LogP contribution in [0.2, 0.25) is 5.28 Å². The van der Waals surface area contributed by atoms with Gasteiger partial charge in [0.15, 0.2) is 0 Å². The first-order valence-corrected chi connectivity index (χ1v) is 5.14. The molecule has 0 aliphatic carbocycles. The van der Waals surface area contributed by atoms with Crippen molar-refractivity contribution < 1.29 is 5.11 Å². The molecule has 1 atom stereocenters. The first-order valence-electron chi connectivity index (χ1n) is 3.69. The lowest BCUT2D eigenvalue weighted by Gasteiger charge is -2.12. The molecule has 0 spiro atoms. The SMILES string of the molecule is C[C@H](CO)Nc1nc(Cl)ncc1I. The fourth-order valence-electron chi connectivity index (χ4n) is 0.726. The maximum Gasteiger partial charge on any atom is 0.224 e. The van der Waals surface area contributed by atoms with E-state index in [0.29, 0.717) is 5.82 Å². The summed E-state index contributed by atoms with van der Waals surface area (Å²) in [6.45, 7) is 1.91. The molecule has 0 amide bonds. The van der Waals surface area contributed by atoms with E-state index in [1.54, 1.807) is 6.20 Å². The van der Waals surface area contributed by atoms with Crippen molar-refractivity contribution in [2.45, 2.75) is 13.0 Å². The molecule has 1 rings (SSSR count). The Balaban J connectivity index is 2.81. The Morgan fingerprint density at radius 3 is 3.08 bits per heavy atom. The maximum absolute atomic E-state index is 8.81. The number of aliphatic hydroxyl groups excluding tert-OH is 1. The third-order valence-corrected chi connectivity index (χ3v) is 2.34. The number of nitrogens with zero attached hydrogens (tertiary/aromatic N) is 2. The van der Waals surface area contributed by atoms with E-state index >= 15 is 0 Å². The van der Waals surface area contributed by atoms with Gasteiger partial charge in [-0.15, -0.1) is 0 Å². The van der Waals surface area contributed by atoms with Gasteiger partial charge in [0.25, 0.3) is 0 Å². The van der Waals surface area contributed by atoms with Gasteiger partial charge in [-0.05, 0) is 41.1 Å². The fourth-order valence-corrected chi connectivity index (χ4v) is 1.27. The first-order chi connectivity index (χ1) is 6.13. The highest BCUT2D eigenvalue weighted by molar-refractivity contribution is 14.1. The Bertz CT molecular complexity index is 297. The molecule has 0 aliphatic heterocycles. The minimum Gasteiger partial charge on any atom is -0.394 e. The summed E-state index contributed by atoms with van der Waals surface area (Å²) in [6, 6.07) is -0.0421. The van der Waals surface area contributed by atoms with Crippen molar-refractivity contribution >= 4 is 40.0 Å². The van der Waals surface area contributed by atoms with Crippen LogP contribution in [0.1, 0.15) is 6.92 Å². The van der Waals surface area contributed by atoms with Gasteiger partial charge in [0.2, 0.25) is 5.28 Å². The first kappa shape index (κ1) is 10.9. The molecule has 0 saturated carbocycles. The van der Waals surface area contributed by atoms with Crippen LogP contribution in [0.5, 0.6) is 0 Å². The molecule has 1 aromatic heterocycles. The van der Waals surface area contributed by atoms with Crippen LogP contribution in [0.4, 0.5) is 5.82 Å². The summed E-state index contributed by atoms with van der Waals surface area (Å²) in [5, 5.41) is 12.0. The lowest BCUT2D eigenvalue weighted by Crippen LogP contribution is -2.20. The molecule has 6 heteroatoms. The molecule has 0 fully saturated rings. The minimum absolute atomic E-state index is 0.0421. The van der Waals surface area contributed by atoms with Crippen molar-refractivity contribution in [1.82, 2.24) is 9.97 Å². The van der Waals surface area contributed by atoms with Gasteiger partial charge < -0.3 is 10.4 Å². The highest BCUT2D eigenvalue weighted by Gasteiger charge is 2.06. The molecular weight excluding hydrogens is 304 g/mol. The van der Waals surface area contributed by atoms with Crippen molar-refractivity contribution in [3.8, 4) is 0 Å². The largest absolute Gasteiger partial charge is 0.394 e. The predicted molar refractivity (Wildman–Crippen MR) is 59.9 cm³/mol. The number of rotatable bonds is 3. The quantitative estimate of drug-likeness (QED) is 0.656. The Kier molecular flexibility index (Phi) is 4.14. The van der Waals surface area contributed by atoms with Crippen molar-refractivity contribution in [3.63, 3.8) is 0 Å². The average Bonchev–Trinajstić information content (AvgIpc) is 2.11. The summed E-state index contributed by atoms with van der Waals surface area (Å²) >= 11 is 7.71.